The van der Waals surface area contributed by atoms with Crippen molar-refractivity contribution in [2.45, 2.75) is 81.5 Å². The van der Waals surface area contributed by atoms with E-state index in [-0.39, 0.29) is 0 Å². The molecule has 2 fully saturated rings. The minimum absolute atomic E-state index is 0.545. The molecule has 420 valence electrons. The average molecular weight is 1120 g/mol. The minimum atomic E-state index is -0.545. The van der Waals surface area contributed by atoms with E-state index in [1.165, 1.54) is 170 Å². The van der Waals surface area contributed by atoms with Crippen LogP contribution < -0.4 is 4.90 Å². The Labute approximate surface area is 512 Å². The van der Waals surface area contributed by atoms with Gasteiger partial charge in [0.25, 0.3) is 0 Å². The molecule has 87 heavy (non-hydrogen) atoms. The Hall–Kier alpha value is -9.76. The Morgan fingerprint density at radius 2 is 0.736 bits per heavy atom. The second-order valence-electron chi connectivity index (χ2n) is 24.8. The van der Waals surface area contributed by atoms with Crippen LogP contribution in [0.4, 0.5) is 17.1 Å². The van der Waals surface area contributed by atoms with Crippen LogP contribution in [0.5, 0.6) is 0 Å². The summed E-state index contributed by atoms with van der Waals surface area (Å²) in [6.45, 7) is 0. The summed E-state index contributed by atoms with van der Waals surface area (Å²) in [5.74, 6) is 1.34. The first-order valence-electron chi connectivity index (χ1n) is 31.9. The molecule has 0 atom stereocenters. The Bertz CT molecular complexity index is 4470. The Morgan fingerprint density at radius 1 is 0.299 bits per heavy atom. The molecule has 12 aromatic carbocycles. The quantitative estimate of drug-likeness (QED) is 0.118. The molecule has 1 aromatic heterocycles. The topological polar surface area (TPSA) is 8.17 Å². The van der Waals surface area contributed by atoms with Crippen molar-refractivity contribution in [2.75, 3.05) is 4.90 Å². The SMILES string of the molecule is c1ccc(-c2ccc(N(c3ccc(-c4ccc(-c5ccc(-n6c7ccc(C8CCCCC8)cc7c7cc(C8CCCCC8)ccc76)cc5)cc4)cc3)c3ccc4c(c3)C(c3ccccc3)(c3ccccc3)c3ccccc3-4)c(-c3ccccc3)c2)cc1. The third kappa shape index (κ3) is 9.42. The number of fused-ring (bicyclic) bond motifs is 6. The molecule has 13 aromatic rings. The number of benzene rings is 12. The van der Waals surface area contributed by atoms with Gasteiger partial charge in [-0.3, -0.25) is 0 Å². The lowest BCUT2D eigenvalue weighted by Gasteiger charge is -2.35. The summed E-state index contributed by atoms with van der Waals surface area (Å²) in [4.78, 5) is 2.49. The zero-order chi connectivity index (χ0) is 57.7. The van der Waals surface area contributed by atoms with Crippen LogP contribution in [0.1, 0.15) is 109 Å². The highest BCUT2D eigenvalue weighted by Crippen LogP contribution is 2.58. The molecule has 1 heterocycles. The number of hydrogen-bond acceptors (Lipinski definition) is 1. The van der Waals surface area contributed by atoms with E-state index in [0.29, 0.717) is 11.8 Å². The molecule has 0 spiro atoms. The summed E-state index contributed by atoms with van der Waals surface area (Å²) in [6.07, 6.45) is 13.4. The van der Waals surface area contributed by atoms with E-state index in [1.807, 2.05) is 0 Å². The van der Waals surface area contributed by atoms with Crippen molar-refractivity contribution in [1.82, 2.24) is 4.57 Å². The van der Waals surface area contributed by atoms with Gasteiger partial charge in [-0.15, -0.1) is 0 Å². The molecule has 0 N–H and O–H groups in total. The van der Waals surface area contributed by atoms with Gasteiger partial charge in [0.15, 0.2) is 0 Å². The van der Waals surface area contributed by atoms with Gasteiger partial charge in [-0.25, -0.2) is 0 Å². The van der Waals surface area contributed by atoms with Gasteiger partial charge in [-0.1, -0.05) is 257 Å². The summed E-state index contributed by atoms with van der Waals surface area (Å²) in [6, 6.07) is 110. The Balaban J connectivity index is 0.765. The second kappa shape index (κ2) is 22.6. The first-order chi connectivity index (χ1) is 43.1. The highest BCUT2D eigenvalue weighted by atomic mass is 15.1. The molecule has 3 aliphatic carbocycles. The number of anilines is 3. The summed E-state index contributed by atoms with van der Waals surface area (Å²) in [7, 11) is 0. The Kier molecular flexibility index (Phi) is 13.7. The molecule has 0 unspecified atom stereocenters. The summed E-state index contributed by atoms with van der Waals surface area (Å²) >= 11 is 0. The highest BCUT2D eigenvalue weighted by Gasteiger charge is 2.46. The third-order valence-electron chi connectivity index (χ3n) is 19.9. The van der Waals surface area contributed by atoms with Crippen molar-refractivity contribution in [3.8, 4) is 61.3 Å². The molecule has 0 amide bonds. The number of nitrogens with zero attached hydrogens (tertiary/aromatic N) is 2. The van der Waals surface area contributed by atoms with E-state index in [4.69, 9.17) is 0 Å². The van der Waals surface area contributed by atoms with E-state index < -0.39 is 5.41 Å². The highest BCUT2D eigenvalue weighted by molar-refractivity contribution is 6.10. The first-order valence-corrected chi connectivity index (χ1v) is 31.9. The van der Waals surface area contributed by atoms with Crippen LogP contribution in [-0.2, 0) is 5.41 Å². The maximum Gasteiger partial charge on any atom is 0.0714 e. The molecule has 2 nitrogen and oxygen atoms in total. The fourth-order valence-corrected chi connectivity index (χ4v) is 15.6. The summed E-state index contributed by atoms with van der Waals surface area (Å²) < 4.78 is 2.52. The summed E-state index contributed by atoms with van der Waals surface area (Å²) in [5.41, 5.74) is 26.7. The summed E-state index contributed by atoms with van der Waals surface area (Å²) in [5, 5.41) is 2.81. The maximum atomic E-state index is 2.57. The van der Waals surface area contributed by atoms with Gasteiger partial charge >= 0.3 is 0 Å². The van der Waals surface area contributed by atoms with Gasteiger partial charge in [-0.05, 0) is 194 Å². The molecule has 2 heteroatoms. The molecule has 0 aliphatic heterocycles. The largest absolute Gasteiger partial charge is 0.310 e. The minimum Gasteiger partial charge on any atom is -0.310 e. The number of hydrogen-bond donors (Lipinski definition) is 0. The smallest absolute Gasteiger partial charge is 0.0714 e. The van der Waals surface area contributed by atoms with Crippen LogP contribution in [0.15, 0.2) is 291 Å². The normalized spacial score (nSPS) is 14.9. The molecule has 3 aliphatic rings. The fraction of sp³-hybridized carbons (Fsp3) is 0.153. The number of rotatable bonds is 12. The zero-order valence-electron chi connectivity index (χ0n) is 49.3. The van der Waals surface area contributed by atoms with Crippen molar-refractivity contribution >= 4 is 38.9 Å². The van der Waals surface area contributed by atoms with Crippen LogP contribution in [-0.4, -0.2) is 4.57 Å². The zero-order valence-corrected chi connectivity index (χ0v) is 49.3. The first kappa shape index (κ1) is 52.8. The maximum absolute atomic E-state index is 2.57. The number of aromatic nitrogens is 1. The fourth-order valence-electron chi connectivity index (χ4n) is 15.6. The van der Waals surface area contributed by atoms with Gasteiger partial charge in [0.2, 0.25) is 0 Å². The molecule has 0 radical (unpaired) electrons. The van der Waals surface area contributed by atoms with Crippen molar-refractivity contribution < 1.29 is 0 Å². The van der Waals surface area contributed by atoms with Crippen LogP contribution >= 0.6 is 0 Å². The van der Waals surface area contributed by atoms with Crippen molar-refractivity contribution in [3.05, 3.63) is 325 Å². The Morgan fingerprint density at radius 3 is 1.29 bits per heavy atom. The van der Waals surface area contributed by atoms with Gasteiger partial charge in [0.1, 0.15) is 0 Å². The lowest BCUT2D eigenvalue weighted by Crippen LogP contribution is -2.28. The lowest BCUT2D eigenvalue weighted by molar-refractivity contribution is 0.444. The molecular weight excluding hydrogens is 1050 g/mol. The molecule has 0 bridgehead atoms. The van der Waals surface area contributed by atoms with Crippen molar-refractivity contribution in [3.63, 3.8) is 0 Å². The van der Waals surface area contributed by atoms with Gasteiger partial charge < -0.3 is 9.47 Å². The van der Waals surface area contributed by atoms with Gasteiger partial charge in [-0.2, -0.15) is 0 Å². The van der Waals surface area contributed by atoms with E-state index in [1.54, 1.807) is 0 Å². The molecular formula is C85H70N2. The third-order valence-corrected chi connectivity index (χ3v) is 19.9. The van der Waals surface area contributed by atoms with Crippen LogP contribution in [0.3, 0.4) is 0 Å². The van der Waals surface area contributed by atoms with E-state index >= 15 is 0 Å². The van der Waals surface area contributed by atoms with Crippen molar-refractivity contribution in [2.24, 2.45) is 0 Å². The predicted octanol–water partition coefficient (Wildman–Crippen LogP) is 23.4. The van der Waals surface area contributed by atoms with Crippen LogP contribution in [0.25, 0.3) is 83.1 Å². The lowest BCUT2D eigenvalue weighted by atomic mass is 9.67. The van der Waals surface area contributed by atoms with E-state index in [0.717, 1.165) is 28.2 Å². The predicted molar refractivity (Wildman–Crippen MR) is 366 cm³/mol. The van der Waals surface area contributed by atoms with Crippen LogP contribution in [0, 0.1) is 0 Å². The second-order valence-corrected chi connectivity index (χ2v) is 24.8. The standard InChI is InChI=1S/C85H70N2/c1-7-21-59(22-8-1)67-43-52-82(77(55-67)66-27-13-4-14-28-66)86(74-50-51-76-75-33-19-20-34-80(75)85(81(76)58-74,70-29-15-5-16-30-70)71-31-17-6-18-32-71)72-46-39-64(40-47-72)62-35-37-63(38-36-62)65-41-48-73(49-42-65)87-83-53-44-68(60-23-9-2-10-24-60)56-78(83)79-57-69(45-54-84(79)87)61-25-11-3-12-26-61/h1,4-8,13-22,27-58,60-61H,2-3,9-12,23-26H2. The monoisotopic (exact) mass is 1120 g/mol. The van der Waals surface area contributed by atoms with E-state index in [9.17, 15) is 0 Å². The van der Waals surface area contributed by atoms with Gasteiger partial charge in [0, 0.05) is 33.4 Å². The molecule has 16 rings (SSSR count). The molecule has 2 saturated carbocycles. The van der Waals surface area contributed by atoms with Crippen LogP contribution in [0.2, 0.25) is 0 Å². The van der Waals surface area contributed by atoms with Gasteiger partial charge in [0.05, 0.1) is 22.1 Å². The average Bonchev–Trinajstić information content (AvgIpc) is 1.61. The molecule has 0 saturated heterocycles. The van der Waals surface area contributed by atoms with Crippen molar-refractivity contribution in [1.29, 1.82) is 0 Å². The van der Waals surface area contributed by atoms with E-state index in [2.05, 4.69) is 301 Å².